The molecule has 15 nitrogen and oxygen atoms in total. The summed E-state index contributed by atoms with van der Waals surface area (Å²) in [5.41, 5.74) is -6.19. The summed E-state index contributed by atoms with van der Waals surface area (Å²) in [6.07, 6.45) is -0.781. The van der Waals surface area contributed by atoms with Crippen LogP contribution in [-0.2, 0) is 48.6 Å². The molecule has 2 aliphatic rings. The smallest absolute Gasteiger partial charge is 0.448 e. The van der Waals surface area contributed by atoms with E-state index in [1.807, 2.05) is 91.0 Å². The van der Waals surface area contributed by atoms with E-state index in [-0.39, 0.29) is 28.4 Å². The van der Waals surface area contributed by atoms with Gasteiger partial charge in [0.1, 0.15) is 34.7 Å². The number of rotatable bonds is 16. The Balaban J connectivity index is 1.16. The number of nitrogens with zero attached hydrogens (tertiary/aromatic N) is 3. The molecule has 1 aromatic heterocycles. The highest BCUT2D eigenvalue weighted by molar-refractivity contribution is 8.00. The SMILES string of the molecule is CC(C)(C)OC(=O)Nc1nc(C(=NOC(c2ccccc2)(c2ccccc2)c2ccccc2)C(=O)NC2C(=O)N3C(C(=O)OC(c4ccccc4)c4ccccc4)=C(/C=C/OS(=O)(=O)C(F)(F)F)CSC23)cs1. The largest absolute Gasteiger partial charge is 0.534 e. The van der Waals surface area contributed by atoms with E-state index in [0.29, 0.717) is 27.8 Å². The molecular weight excluding hydrogens is 1010 g/mol. The molecule has 0 aliphatic carbocycles. The molecule has 0 saturated carbocycles. The Morgan fingerprint density at radius 1 is 0.795 bits per heavy atom. The van der Waals surface area contributed by atoms with Crippen LogP contribution in [0.4, 0.5) is 23.1 Å². The lowest BCUT2D eigenvalue weighted by Crippen LogP contribution is -2.71. The van der Waals surface area contributed by atoms with Crippen LogP contribution in [0.3, 0.4) is 0 Å². The molecule has 1 fully saturated rings. The number of halogens is 3. The van der Waals surface area contributed by atoms with Crippen LogP contribution in [-0.4, -0.2) is 76.2 Å². The number of aromatic nitrogens is 1. The van der Waals surface area contributed by atoms with E-state index < -0.39 is 79.6 Å². The van der Waals surface area contributed by atoms with Crippen molar-refractivity contribution in [3.63, 3.8) is 0 Å². The second kappa shape index (κ2) is 21.5. The normalized spacial score (nSPS) is 16.3. The molecule has 0 radical (unpaired) electrons. The van der Waals surface area contributed by atoms with Crippen LogP contribution in [0.1, 0.15) is 60.4 Å². The van der Waals surface area contributed by atoms with E-state index in [9.17, 15) is 40.8 Å². The van der Waals surface area contributed by atoms with Crippen LogP contribution in [0.15, 0.2) is 186 Å². The number of benzene rings is 5. The number of anilines is 1. The Kier molecular flexibility index (Phi) is 15.2. The number of thiazole rings is 1. The van der Waals surface area contributed by atoms with Crippen LogP contribution >= 0.6 is 23.1 Å². The lowest BCUT2D eigenvalue weighted by Gasteiger charge is -2.49. The van der Waals surface area contributed by atoms with E-state index in [2.05, 4.69) is 25.0 Å². The summed E-state index contributed by atoms with van der Waals surface area (Å²) in [5, 5.41) is 10.3. The number of carbonyl (C=O) groups excluding carboxylic acids is 4. The van der Waals surface area contributed by atoms with Gasteiger partial charge in [-0.25, -0.2) is 14.6 Å². The quantitative estimate of drug-likeness (QED) is 0.0137. The fourth-order valence-corrected chi connectivity index (χ4v) is 10.1. The number of allylic oxidation sites excluding steroid dienone is 1. The molecule has 2 atom stereocenters. The molecule has 0 bridgehead atoms. The number of carbonyl (C=O) groups is 4. The van der Waals surface area contributed by atoms with Crippen LogP contribution < -0.4 is 10.6 Å². The fourth-order valence-electron chi connectivity index (χ4n) is 7.78. The zero-order valence-electron chi connectivity index (χ0n) is 38.9. The third-order valence-electron chi connectivity index (χ3n) is 11.0. The van der Waals surface area contributed by atoms with E-state index >= 15 is 0 Å². The lowest BCUT2D eigenvalue weighted by atomic mass is 9.80. The predicted molar refractivity (Wildman–Crippen MR) is 267 cm³/mol. The van der Waals surface area contributed by atoms with Crippen LogP contribution in [0.25, 0.3) is 0 Å². The van der Waals surface area contributed by atoms with Crippen molar-refractivity contribution >= 4 is 67.9 Å². The van der Waals surface area contributed by atoms with Crippen LogP contribution in [0.2, 0.25) is 0 Å². The van der Waals surface area contributed by atoms with Crippen molar-refractivity contribution < 1.29 is 59.3 Å². The molecule has 376 valence electrons. The summed E-state index contributed by atoms with van der Waals surface area (Å²) < 4.78 is 78.9. The Bertz CT molecular complexity index is 3040. The summed E-state index contributed by atoms with van der Waals surface area (Å²) in [6, 6.07) is 43.3. The van der Waals surface area contributed by atoms with Gasteiger partial charge in [0.25, 0.3) is 11.8 Å². The summed E-state index contributed by atoms with van der Waals surface area (Å²) in [5.74, 6) is -3.11. The molecule has 2 aliphatic heterocycles. The second-order valence-electron chi connectivity index (χ2n) is 17.1. The first-order chi connectivity index (χ1) is 34.9. The Morgan fingerprint density at radius 2 is 1.30 bits per heavy atom. The van der Waals surface area contributed by atoms with Gasteiger partial charge in [-0.05, 0) is 43.5 Å². The minimum atomic E-state index is -6.09. The van der Waals surface area contributed by atoms with Crippen molar-refractivity contribution in [3.8, 4) is 0 Å². The van der Waals surface area contributed by atoms with Gasteiger partial charge < -0.3 is 23.8 Å². The summed E-state index contributed by atoms with van der Waals surface area (Å²) >= 11 is 1.95. The highest BCUT2D eigenvalue weighted by atomic mass is 32.2. The maximum Gasteiger partial charge on any atom is 0.534 e. The molecule has 21 heteroatoms. The predicted octanol–water partition coefficient (Wildman–Crippen LogP) is 9.57. The first-order valence-electron chi connectivity index (χ1n) is 22.2. The standard InChI is InChI=1S/C52H44F3N5O10S3/c1-50(2,3)69-49(64)58-48-56-39(32-72-48)40(59-70-51(36-23-13-6-14-24-36,37-25-15-7-16-26-37)38-27-17-8-18-28-38)44(61)57-41-45(62)60-42(35(31-71-46(41)60)29-30-67-73(65,66)52(53,54)55)47(63)68-43(33-19-9-4-10-20-33)34-21-11-5-12-22-34/h4-30,32,41,43,46H,31H2,1-3H3,(H,57,61)(H,56,58,64)/b30-29+,59-40?. The number of thioether (sulfide) groups is 1. The number of ether oxygens (including phenoxy) is 2. The molecule has 6 aromatic rings. The summed E-state index contributed by atoms with van der Waals surface area (Å²) in [6.45, 7) is 5.05. The van der Waals surface area contributed by atoms with Gasteiger partial charge in [0.2, 0.25) is 5.60 Å². The zero-order chi connectivity index (χ0) is 52.0. The highest BCUT2D eigenvalue weighted by Gasteiger charge is 2.55. The minimum Gasteiger partial charge on any atom is -0.448 e. The first kappa shape index (κ1) is 51.6. The molecular formula is C52H44F3N5O10S3. The summed E-state index contributed by atoms with van der Waals surface area (Å²) in [7, 11) is -6.09. The molecule has 3 amide bonds. The van der Waals surface area contributed by atoms with E-state index in [1.54, 1.807) is 81.4 Å². The van der Waals surface area contributed by atoms with Crippen molar-refractivity contribution in [2.75, 3.05) is 11.1 Å². The Morgan fingerprint density at radius 3 is 1.79 bits per heavy atom. The number of fused-ring (bicyclic) bond motifs is 1. The van der Waals surface area contributed by atoms with Crippen molar-refractivity contribution in [2.45, 2.75) is 55.0 Å². The van der Waals surface area contributed by atoms with Gasteiger partial charge in [-0.1, -0.05) is 157 Å². The molecule has 3 heterocycles. The van der Waals surface area contributed by atoms with Gasteiger partial charge in [-0.3, -0.25) is 19.8 Å². The number of β-lactam (4-membered cyclic amide) rings is 1. The number of nitrogens with one attached hydrogen (secondary N) is 2. The first-order valence-corrected chi connectivity index (χ1v) is 25.5. The number of hydrogen-bond donors (Lipinski definition) is 2. The molecule has 0 spiro atoms. The van der Waals surface area contributed by atoms with Crippen molar-refractivity contribution in [1.82, 2.24) is 15.2 Å². The van der Waals surface area contributed by atoms with Crippen LogP contribution in [0.5, 0.6) is 0 Å². The molecule has 1 saturated heterocycles. The van der Waals surface area contributed by atoms with Gasteiger partial charge in [0.15, 0.2) is 16.9 Å². The van der Waals surface area contributed by atoms with Crippen molar-refractivity contribution in [2.24, 2.45) is 5.16 Å². The highest BCUT2D eigenvalue weighted by Crippen LogP contribution is 2.43. The summed E-state index contributed by atoms with van der Waals surface area (Å²) in [4.78, 5) is 68.8. The average molecular weight is 1050 g/mol. The van der Waals surface area contributed by atoms with Gasteiger partial charge in [0.05, 0.1) is 0 Å². The van der Waals surface area contributed by atoms with Gasteiger partial charge in [0, 0.05) is 27.8 Å². The van der Waals surface area contributed by atoms with E-state index in [0.717, 1.165) is 34.1 Å². The van der Waals surface area contributed by atoms with E-state index in [4.69, 9.17) is 14.3 Å². The van der Waals surface area contributed by atoms with Crippen molar-refractivity contribution in [3.05, 3.63) is 214 Å². The zero-order valence-corrected chi connectivity index (χ0v) is 41.3. The van der Waals surface area contributed by atoms with Crippen molar-refractivity contribution in [1.29, 1.82) is 0 Å². The average Bonchev–Trinajstić information content (AvgIpc) is 3.83. The third-order valence-corrected chi connectivity index (χ3v) is 14.0. The van der Waals surface area contributed by atoms with Gasteiger partial charge >= 0.3 is 27.7 Å². The Labute approximate surface area is 425 Å². The monoisotopic (exact) mass is 1050 g/mol. The number of amides is 3. The number of esters is 1. The van der Waals surface area contributed by atoms with E-state index in [1.165, 1.54) is 5.38 Å². The second-order valence-corrected chi connectivity index (χ2v) is 20.6. The maximum atomic E-state index is 14.8. The number of hydrogen-bond acceptors (Lipinski definition) is 14. The van der Waals surface area contributed by atoms with Gasteiger partial charge in [-0.2, -0.15) is 21.6 Å². The lowest BCUT2D eigenvalue weighted by molar-refractivity contribution is -0.154. The molecule has 2 N–H and O–H groups in total. The topological polar surface area (TPSA) is 192 Å². The molecule has 8 rings (SSSR count). The maximum absolute atomic E-state index is 14.8. The number of alkyl halides is 3. The third kappa shape index (κ3) is 11.5. The molecule has 5 aromatic carbocycles. The van der Waals surface area contributed by atoms with Gasteiger partial charge in [-0.15, -0.1) is 23.1 Å². The minimum absolute atomic E-state index is 0.0316. The molecule has 2 unspecified atom stereocenters. The fraction of sp³-hybridized carbons (Fsp3) is 0.192. The van der Waals surface area contributed by atoms with Crippen LogP contribution in [0, 0.1) is 0 Å². The number of oxime groups is 1. The Hall–Kier alpha value is -7.75. The molecule has 73 heavy (non-hydrogen) atoms.